The largest absolute Gasteiger partial charge is 0.316 e. The molecule has 2 aromatic rings. The van der Waals surface area contributed by atoms with Crippen LogP contribution >= 0.6 is 0 Å². The third-order valence-corrected chi connectivity index (χ3v) is 3.88. The van der Waals surface area contributed by atoms with Crippen molar-refractivity contribution in [1.82, 2.24) is 4.57 Å². The van der Waals surface area contributed by atoms with E-state index in [1.807, 2.05) is 0 Å². The van der Waals surface area contributed by atoms with E-state index in [-0.39, 0.29) is 11.2 Å². The van der Waals surface area contributed by atoms with Gasteiger partial charge in [-0.25, -0.2) is 12.8 Å². The van der Waals surface area contributed by atoms with E-state index in [4.69, 9.17) is 0 Å². The van der Waals surface area contributed by atoms with E-state index in [1.54, 1.807) is 0 Å². The van der Waals surface area contributed by atoms with E-state index in [9.17, 15) is 17.6 Å². The number of hydrogen-bond donors (Lipinski definition) is 1. The predicted octanol–water partition coefficient (Wildman–Crippen LogP) is 1.33. The molecule has 0 aliphatic carbocycles. The van der Waals surface area contributed by atoms with E-state index in [0.29, 0.717) is 0 Å². The second kappa shape index (κ2) is 4.85. The Hall–Kier alpha value is -2.15. The number of nitrogens with zero attached hydrogens (tertiary/aromatic N) is 1. The van der Waals surface area contributed by atoms with Crippen LogP contribution in [0.1, 0.15) is 0 Å². The molecule has 1 heterocycles. The van der Waals surface area contributed by atoms with Gasteiger partial charge in [-0.15, -0.1) is 0 Å². The summed E-state index contributed by atoms with van der Waals surface area (Å²) < 4.78 is 40.9. The van der Waals surface area contributed by atoms with Gasteiger partial charge < -0.3 is 4.57 Å². The van der Waals surface area contributed by atoms with Crippen LogP contribution < -0.4 is 10.3 Å². The van der Waals surface area contributed by atoms with Crippen LogP contribution in [0.2, 0.25) is 0 Å². The fraction of sp³-hybridized carbons (Fsp3) is 0.0833. The minimum atomic E-state index is -4.01. The normalized spacial score (nSPS) is 11.3. The molecule has 1 aromatic carbocycles. The molecule has 0 aliphatic rings. The summed E-state index contributed by atoms with van der Waals surface area (Å²) in [6.45, 7) is 0. The van der Waals surface area contributed by atoms with Gasteiger partial charge in [0.2, 0.25) is 5.56 Å². The molecule has 1 N–H and O–H groups in total. The monoisotopic (exact) mass is 282 g/mol. The molecule has 0 unspecified atom stereocenters. The quantitative estimate of drug-likeness (QED) is 0.923. The Morgan fingerprint density at radius 1 is 1.16 bits per heavy atom. The van der Waals surface area contributed by atoms with Crippen LogP contribution in [0.4, 0.5) is 10.1 Å². The van der Waals surface area contributed by atoms with Gasteiger partial charge in [-0.3, -0.25) is 9.52 Å². The van der Waals surface area contributed by atoms with Crippen molar-refractivity contribution < 1.29 is 12.8 Å². The SMILES string of the molecule is Cn1cc(NS(=O)(=O)c2ccccc2F)ccc1=O. The summed E-state index contributed by atoms with van der Waals surface area (Å²) in [5.74, 6) is -0.833. The van der Waals surface area contributed by atoms with Crippen LogP contribution in [0, 0.1) is 5.82 Å². The number of sulfonamides is 1. The average molecular weight is 282 g/mol. The molecule has 100 valence electrons. The number of hydrogen-bond acceptors (Lipinski definition) is 3. The number of pyridine rings is 1. The van der Waals surface area contributed by atoms with E-state index in [0.717, 1.165) is 6.07 Å². The molecule has 0 radical (unpaired) electrons. The Balaban J connectivity index is 2.39. The van der Waals surface area contributed by atoms with Crippen molar-refractivity contribution in [3.63, 3.8) is 0 Å². The van der Waals surface area contributed by atoms with Crippen molar-refractivity contribution in [1.29, 1.82) is 0 Å². The first-order valence-corrected chi connectivity index (χ1v) is 6.82. The fourth-order valence-corrected chi connectivity index (χ4v) is 2.65. The molecule has 0 spiro atoms. The van der Waals surface area contributed by atoms with E-state index in [2.05, 4.69) is 4.72 Å². The average Bonchev–Trinajstić information content (AvgIpc) is 2.34. The highest BCUT2D eigenvalue weighted by atomic mass is 32.2. The maximum atomic E-state index is 13.5. The number of anilines is 1. The lowest BCUT2D eigenvalue weighted by Gasteiger charge is -2.09. The lowest BCUT2D eigenvalue weighted by molar-refractivity contribution is 0.570. The molecule has 19 heavy (non-hydrogen) atoms. The molecular weight excluding hydrogens is 271 g/mol. The number of halogens is 1. The van der Waals surface area contributed by atoms with Crippen LogP contribution in [0.25, 0.3) is 0 Å². The maximum absolute atomic E-state index is 13.5. The highest BCUT2D eigenvalue weighted by Gasteiger charge is 2.18. The molecule has 0 amide bonds. The van der Waals surface area contributed by atoms with Gasteiger partial charge in [0.1, 0.15) is 10.7 Å². The Morgan fingerprint density at radius 2 is 1.84 bits per heavy atom. The third-order valence-electron chi connectivity index (χ3n) is 2.46. The zero-order valence-electron chi connectivity index (χ0n) is 10.00. The Morgan fingerprint density at radius 3 is 2.47 bits per heavy atom. The van der Waals surface area contributed by atoms with E-state index < -0.39 is 20.7 Å². The molecule has 2 rings (SSSR count). The number of aromatic nitrogens is 1. The number of nitrogens with one attached hydrogen (secondary N) is 1. The summed E-state index contributed by atoms with van der Waals surface area (Å²) in [4.78, 5) is 10.7. The Bertz CT molecular complexity index is 769. The summed E-state index contributed by atoms with van der Waals surface area (Å²) in [5.41, 5.74) is -0.0841. The highest BCUT2D eigenvalue weighted by Crippen LogP contribution is 2.17. The topological polar surface area (TPSA) is 68.2 Å². The molecule has 0 atom stereocenters. The van der Waals surface area contributed by atoms with Gasteiger partial charge >= 0.3 is 0 Å². The minimum Gasteiger partial charge on any atom is -0.316 e. The first kappa shape index (κ1) is 13.3. The highest BCUT2D eigenvalue weighted by molar-refractivity contribution is 7.92. The molecule has 5 nitrogen and oxygen atoms in total. The van der Waals surface area contributed by atoms with Gasteiger partial charge in [0, 0.05) is 19.3 Å². The number of benzene rings is 1. The second-order valence-corrected chi connectivity index (χ2v) is 5.55. The van der Waals surface area contributed by atoms with Crippen LogP contribution in [-0.4, -0.2) is 13.0 Å². The molecule has 1 aromatic heterocycles. The maximum Gasteiger partial charge on any atom is 0.264 e. The molecule has 0 aliphatic heterocycles. The summed E-state index contributed by atoms with van der Waals surface area (Å²) in [7, 11) is -2.52. The molecule has 0 saturated heterocycles. The zero-order valence-corrected chi connectivity index (χ0v) is 10.8. The van der Waals surface area contributed by atoms with Gasteiger partial charge in [-0.1, -0.05) is 12.1 Å². The minimum absolute atomic E-state index is 0.186. The third kappa shape index (κ3) is 2.82. The summed E-state index contributed by atoms with van der Waals surface area (Å²) >= 11 is 0. The first-order valence-electron chi connectivity index (χ1n) is 5.34. The van der Waals surface area contributed by atoms with Gasteiger partial charge in [0.15, 0.2) is 0 Å². The van der Waals surface area contributed by atoms with Crippen LogP contribution in [-0.2, 0) is 17.1 Å². The predicted molar refractivity (Wildman–Crippen MR) is 68.9 cm³/mol. The lowest BCUT2D eigenvalue weighted by atomic mass is 10.4. The van der Waals surface area contributed by atoms with Crippen molar-refractivity contribution in [2.75, 3.05) is 4.72 Å². The van der Waals surface area contributed by atoms with Gasteiger partial charge in [-0.05, 0) is 18.2 Å². The first-order chi connectivity index (χ1) is 8.90. The van der Waals surface area contributed by atoms with Crippen molar-refractivity contribution in [2.24, 2.45) is 7.05 Å². The summed E-state index contributed by atoms with van der Waals surface area (Å²) in [6.07, 6.45) is 1.32. The molecule has 0 bridgehead atoms. The van der Waals surface area contributed by atoms with Crippen LogP contribution in [0.15, 0.2) is 52.3 Å². The second-order valence-electron chi connectivity index (χ2n) is 3.90. The van der Waals surface area contributed by atoms with E-state index >= 15 is 0 Å². The van der Waals surface area contributed by atoms with Gasteiger partial charge in [-0.2, -0.15) is 0 Å². The van der Waals surface area contributed by atoms with Gasteiger partial charge in [0.05, 0.1) is 5.69 Å². The smallest absolute Gasteiger partial charge is 0.264 e. The number of aryl methyl sites for hydroxylation is 1. The van der Waals surface area contributed by atoms with Crippen molar-refractivity contribution >= 4 is 15.7 Å². The fourth-order valence-electron chi connectivity index (χ4n) is 1.53. The van der Waals surface area contributed by atoms with Crippen molar-refractivity contribution in [3.05, 3.63) is 58.8 Å². The van der Waals surface area contributed by atoms with E-state index in [1.165, 1.54) is 48.1 Å². The summed E-state index contributed by atoms with van der Waals surface area (Å²) in [6, 6.07) is 7.60. The molecule has 7 heteroatoms. The summed E-state index contributed by atoms with van der Waals surface area (Å²) in [5, 5.41) is 0. The lowest BCUT2D eigenvalue weighted by Crippen LogP contribution is -2.18. The number of rotatable bonds is 3. The molecule has 0 saturated carbocycles. The van der Waals surface area contributed by atoms with Crippen molar-refractivity contribution in [2.45, 2.75) is 4.90 Å². The zero-order chi connectivity index (χ0) is 14.0. The van der Waals surface area contributed by atoms with Crippen molar-refractivity contribution in [3.8, 4) is 0 Å². The Kier molecular flexibility index (Phi) is 3.39. The molecular formula is C12H11FN2O3S. The van der Waals surface area contributed by atoms with Crippen LogP contribution in [0.3, 0.4) is 0 Å². The van der Waals surface area contributed by atoms with Crippen LogP contribution in [0.5, 0.6) is 0 Å². The molecule has 0 fully saturated rings. The standard InChI is InChI=1S/C12H11FN2O3S/c1-15-8-9(6-7-12(15)16)14-19(17,18)11-5-3-2-4-10(11)13/h2-8,14H,1H3. The Labute approximate surface area is 109 Å². The van der Waals surface area contributed by atoms with Gasteiger partial charge in [0.25, 0.3) is 10.0 Å².